The van der Waals surface area contributed by atoms with Crippen LogP contribution in [0.3, 0.4) is 0 Å². The molecule has 1 N–H and O–H groups in total. The van der Waals surface area contributed by atoms with Gasteiger partial charge in [-0.1, -0.05) is 50.2 Å². The average Bonchev–Trinajstić information content (AvgIpc) is 2.64. The maximum atomic E-state index is 13.3. The third kappa shape index (κ3) is 2.93. The van der Waals surface area contributed by atoms with Crippen LogP contribution in [0, 0.1) is 5.41 Å². The Morgan fingerprint density at radius 2 is 1.48 bits per heavy atom. The van der Waals surface area contributed by atoms with Crippen LogP contribution in [-0.2, 0) is 9.59 Å². The van der Waals surface area contributed by atoms with Crippen LogP contribution < -0.4 is 10.2 Å². The molecule has 0 radical (unpaired) electrons. The third-order valence-corrected chi connectivity index (χ3v) is 4.70. The highest BCUT2D eigenvalue weighted by Gasteiger charge is 2.51. The van der Waals surface area contributed by atoms with Crippen LogP contribution in [0.15, 0.2) is 65.7 Å². The van der Waals surface area contributed by atoms with Gasteiger partial charge in [-0.2, -0.15) is 0 Å². The molecule has 1 fully saturated rings. The number of carbonyl (C=O) groups excluding carboxylic acids is 2. The normalized spacial score (nSPS) is 18.3. The van der Waals surface area contributed by atoms with Gasteiger partial charge < -0.3 is 0 Å². The average molecular weight is 335 g/mol. The topological polar surface area (TPSA) is 61.8 Å². The molecule has 2 aromatic rings. The second-order valence-corrected chi connectivity index (χ2v) is 5.99. The Morgan fingerprint density at radius 1 is 0.920 bits per heavy atom. The van der Waals surface area contributed by atoms with Crippen LogP contribution in [0.1, 0.15) is 26.7 Å². The molecule has 0 bridgehead atoms. The fourth-order valence-electron chi connectivity index (χ4n) is 3.08. The molecule has 128 valence electrons. The summed E-state index contributed by atoms with van der Waals surface area (Å²) in [4.78, 5) is 32.0. The molecule has 0 unspecified atom stereocenters. The first-order valence-corrected chi connectivity index (χ1v) is 8.47. The summed E-state index contributed by atoms with van der Waals surface area (Å²) in [6.07, 6.45) is 0.881. The van der Waals surface area contributed by atoms with Crippen molar-refractivity contribution in [3.05, 3.63) is 60.7 Å². The highest BCUT2D eigenvalue weighted by atomic mass is 16.2. The van der Waals surface area contributed by atoms with Crippen molar-refractivity contribution >= 4 is 29.1 Å². The van der Waals surface area contributed by atoms with E-state index >= 15 is 0 Å². The van der Waals surface area contributed by atoms with Crippen LogP contribution in [0.25, 0.3) is 0 Å². The van der Waals surface area contributed by atoms with Crippen molar-refractivity contribution in [3.63, 3.8) is 0 Å². The van der Waals surface area contributed by atoms with E-state index in [1.54, 1.807) is 0 Å². The monoisotopic (exact) mass is 335 g/mol. The van der Waals surface area contributed by atoms with E-state index in [2.05, 4.69) is 10.3 Å². The van der Waals surface area contributed by atoms with E-state index in [1.807, 2.05) is 74.5 Å². The van der Waals surface area contributed by atoms with Gasteiger partial charge >= 0.3 is 0 Å². The highest BCUT2D eigenvalue weighted by Crippen LogP contribution is 2.35. The van der Waals surface area contributed by atoms with Gasteiger partial charge in [-0.3, -0.25) is 14.9 Å². The fraction of sp³-hybridized carbons (Fsp3) is 0.250. The minimum Gasteiger partial charge on any atom is -0.295 e. The lowest BCUT2D eigenvalue weighted by Gasteiger charge is -2.40. The summed E-state index contributed by atoms with van der Waals surface area (Å²) in [7, 11) is 0. The van der Waals surface area contributed by atoms with Gasteiger partial charge in [0.2, 0.25) is 17.8 Å². The molecule has 0 spiro atoms. The fourth-order valence-corrected chi connectivity index (χ4v) is 3.08. The molecule has 0 saturated carbocycles. The maximum Gasteiger partial charge on any atom is 0.249 e. The lowest BCUT2D eigenvalue weighted by atomic mass is 9.78. The predicted octanol–water partition coefficient (Wildman–Crippen LogP) is 3.64. The number of nitrogens with one attached hydrogen (secondary N) is 1. The number of guanidine groups is 1. The van der Waals surface area contributed by atoms with Gasteiger partial charge in [0.05, 0.1) is 11.4 Å². The molecule has 0 atom stereocenters. The minimum atomic E-state index is -1.06. The largest absolute Gasteiger partial charge is 0.295 e. The number of hydrogen-bond donors (Lipinski definition) is 1. The van der Waals surface area contributed by atoms with E-state index in [1.165, 1.54) is 4.90 Å². The Labute approximate surface area is 147 Å². The van der Waals surface area contributed by atoms with Crippen molar-refractivity contribution in [1.82, 2.24) is 5.32 Å². The second kappa shape index (κ2) is 6.89. The molecule has 0 aromatic heterocycles. The summed E-state index contributed by atoms with van der Waals surface area (Å²) in [5.74, 6) is -0.281. The summed E-state index contributed by atoms with van der Waals surface area (Å²) in [6, 6.07) is 18.6. The number of amides is 2. The molecule has 2 amide bonds. The highest BCUT2D eigenvalue weighted by molar-refractivity contribution is 6.31. The van der Waals surface area contributed by atoms with Gasteiger partial charge in [-0.25, -0.2) is 9.89 Å². The van der Waals surface area contributed by atoms with Gasteiger partial charge in [0.25, 0.3) is 0 Å². The molecular formula is C20H21N3O2. The van der Waals surface area contributed by atoms with Crippen LogP contribution in [-0.4, -0.2) is 17.8 Å². The Balaban J connectivity index is 2.13. The lowest BCUT2D eigenvalue weighted by molar-refractivity contribution is -0.142. The molecule has 5 heteroatoms. The summed E-state index contributed by atoms with van der Waals surface area (Å²) in [5, 5.41) is 2.85. The van der Waals surface area contributed by atoms with Crippen LogP contribution in [0.2, 0.25) is 0 Å². The van der Waals surface area contributed by atoms with Crippen LogP contribution >= 0.6 is 0 Å². The Kier molecular flexibility index (Phi) is 4.65. The molecule has 1 saturated heterocycles. The Hall–Kier alpha value is -2.95. The van der Waals surface area contributed by atoms with E-state index in [4.69, 9.17) is 0 Å². The van der Waals surface area contributed by atoms with Crippen molar-refractivity contribution in [2.75, 3.05) is 4.90 Å². The molecule has 3 rings (SSSR count). The number of aliphatic imine (C=N–C) groups is 1. The van der Waals surface area contributed by atoms with Crippen molar-refractivity contribution in [2.45, 2.75) is 26.7 Å². The zero-order valence-corrected chi connectivity index (χ0v) is 14.4. The van der Waals surface area contributed by atoms with Gasteiger partial charge in [0, 0.05) is 0 Å². The van der Waals surface area contributed by atoms with Gasteiger partial charge in [0.1, 0.15) is 5.41 Å². The first kappa shape index (κ1) is 16.9. The van der Waals surface area contributed by atoms with Crippen LogP contribution in [0.4, 0.5) is 11.4 Å². The molecular weight excluding hydrogens is 314 g/mol. The number of benzene rings is 2. The molecule has 1 aliphatic heterocycles. The Morgan fingerprint density at radius 3 is 2.04 bits per heavy atom. The van der Waals surface area contributed by atoms with Gasteiger partial charge in [0.15, 0.2) is 0 Å². The van der Waals surface area contributed by atoms with E-state index in [-0.39, 0.29) is 17.8 Å². The second-order valence-electron chi connectivity index (χ2n) is 5.99. The molecule has 2 aromatic carbocycles. The summed E-state index contributed by atoms with van der Waals surface area (Å²) < 4.78 is 0. The Bertz CT molecular complexity index is 796. The minimum absolute atomic E-state index is 0.234. The standard InChI is InChI=1S/C20H21N3O2/c1-3-20(4-2)17(24)22-19(21-15-11-7-5-8-12-15)23(18(20)25)16-13-9-6-10-14-16/h5-14H,3-4H2,1-2H3,(H,21,22,24). The maximum absolute atomic E-state index is 13.3. The number of nitrogens with zero attached hydrogens (tertiary/aromatic N) is 2. The van der Waals surface area contributed by atoms with Crippen molar-refractivity contribution in [1.29, 1.82) is 0 Å². The third-order valence-electron chi connectivity index (χ3n) is 4.70. The smallest absolute Gasteiger partial charge is 0.249 e. The van der Waals surface area contributed by atoms with Crippen molar-refractivity contribution in [3.8, 4) is 0 Å². The van der Waals surface area contributed by atoms with E-state index in [0.29, 0.717) is 24.2 Å². The number of anilines is 1. The predicted molar refractivity (Wildman–Crippen MR) is 98.6 cm³/mol. The molecule has 0 aliphatic carbocycles. The van der Waals surface area contributed by atoms with Crippen molar-refractivity contribution < 1.29 is 9.59 Å². The quantitative estimate of drug-likeness (QED) is 0.867. The SMILES string of the molecule is CCC1(CC)C(=O)NC(=Nc2ccccc2)N(c2ccccc2)C1=O. The molecule has 25 heavy (non-hydrogen) atoms. The van der Waals surface area contributed by atoms with E-state index in [9.17, 15) is 9.59 Å². The zero-order chi connectivity index (χ0) is 17.9. The van der Waals surface area contributed by atoms with Gasteiger partial charge in [-0.15, -0.1) is 0 Å². The number of para-hydroxylation sites is 2. The number of hydrogen-bond acceptors (Lipinski definition) is 3. The zero-order valence-electron chi connectivity index (χ0n) is 14.4. The van der Waals surface area contributed by atoms with E-state index < -0.39 is 5.41 Å². The van der Waals surface area contributed by atoms with Crippen LogP contribution in [0.5, 0.6) is 0 Å². The summed E-state index contributed by atoms with van der Waals surface area (Å²) >= 11 is 0. The van der Waals surface area contributed by atoms with E-state index in [0.717, 1.165) is 0 Å². The van der Waals surface area contributed by atoms with Crippen molar-refractivity contribution in [2.24, 2.45) is 10.4 Å². The summed E-state index contributed by atoms with van der Waals surface area (Å²) in [5.41, 5.74) is 0.298. The first-order chi connectivity index (χ1) is 12.1. The lowest BCUT2D eigenvalue weighted by Crippen LogP contribution is -2.64. The van der Waals surface area contributed by atoms with Gasteiger partial charge in [-0.05, 0) is 37.1 Å². The summed E-state index contributed by atoms with van der Waals surface area (Å²) in [6.45, 7) is 3.73. The number of carbonyl (C=O) groups is 2. The first-order valence-electron chi connectivity index (χ1n) is 8.47. The number of rotatable bonds is 4. The molecule has 5 nitrogen and oxygen atoms in total. The molecule has 1 heterocycles. The molecule has 1 aliphatic rings.